The van der Waals surface area contributed by atoms with Crippen LogP contribution in [0.5, 0.6) is 0 Å². The third kappa shape index (κ3) is 2.95. The molecule has 0 aliphatic rings. The molecule has 1 N–H and O–H groups in total. The topological polar surface area (TPSA) is 29.9 Å². The molecule has 2 heterocycles. The molecular weight excluding hydrogens is 278 g/mol. The Morgan fingerprint density at radius 1 is 1.26 bits per heavy atom. The number of nitrogens with one attached hydrogen (secondary N) is 1. The molecule has 0 saturated carbocycles. The quantitative estimate of drug-likeness (QED) is 0.863. The zero-order chi connectivity index (χ0) is 14.2. The minimum Gasteiger partial charge on any atom is -0.375 e. The van der Waals surface area contributed by atoms with E-state index in [0.29, 0.717) is 6.04 Å². The fourth-order valence-corrected chi connectivity index (χ4v) is 3.29. The normalized spacial score (nSPS) is 13.0. The van der Waals surface area contributed by atoms with Crippen LogP contribution in [0.2, 0.25) is 4.34 Å². The Labute approximate surface area is 123 Å². The van der Waals surface area contributed by atoms with Crippen LogP contribution in [0.15, 0.2) is 12.1 Å². The zero-order valence-corrected chi connectivity index (χ0v) is 13.6. The van der Waals surface area contributed by atoms with Crippen LogP contribution in [-0.4, -0.2) is 9.78 Å². The summed E-state index contributed by atoms with van der Waals surface area (Å²) in [6.07, 6.45) is 0. The molecule has 5 heteroatoms. The van der Waals surface area contributed by atoms with Gasteiger partial charge in [-0.05, 0) is 46.8 Å². The lowest BCUT2D eigenvalue weighted by Crippen LogP contribution is -2.08. The highest BCUT2D eigenvalue weighted by atomic mass is 35.5. The largest absolute Gasteiger partial charge is 0.375 e. The fraction of sp³-hybridized carbons (Fsp3) is 0.500. The molecule has 1 unspecified atom stereocenters. The van der Waals surface area contributed by atoms with Crippen LogP contribution in [0.3, 0.4) is 0 Å². The molecule has 104 valence electrons. The van der Waals surface area contributed by atoms with E-state index in [-0.39, 0.29) is 6.04 Å². The summed E-state index contributed by atoms with van der Waals surface area (Å²) in [4.78, 5) is 1.24. The Kier molecular flexibility index (Phi) is 4.21. The Hall–Kier alpha value is -1.000. The fourth-order valence-electron chi connectivity index (χ4n) is 2.22. The van der Waals surface area contributed by atoms with Crippen molar-refractivity contribution in [2.45, 2.75) is 46.7 Å². The maximum Gasteiger partial charge on any atom is 0.0932 e. The molecule has 2 rings (SSSR count). The van der Waals surface area contributed by atoms with Gasteiger partial charge in [-0.3, -0.25) is 4.68 Å². The molecule has 19 heavy (non-hydrogen) atoms. The first-order valence-electron chi connectivity index (χ1n) is 6.47. The molecule has 0 bridgehead atoms. The van der Waals surface area contributed by atoms with Gasteiger partial charge in [0.1, 0.15) is 0 Å². The number of hydrogen-bond donors (Lipinski definition) is 1. The summed E-state index contributed by atoms with van der Waals surface area (Å²) in [5, 5.41) is 8.14. The van der Waals surface area contributed by atoms with Crippen molar-refractivity contribution < 1.29 is 0 Å². The lowest BCUT2D eigenvalue weighted by atomic mass is 10.2. The predicted molar refractivity (Wildman–Crippen MR) is 83.5 cm³/mol. The van der Waals surface area contributed by atoms with Crippen molar-refractivity contribution in [3.8, 4) is 0 Å². The lowest BCUT2D eigenvalue weighted by Gasteiger charge is -2.15. The number of halogens is 1. The summed E-state index contributed by atoms with van der Waals surface area (Å²) in [5.41, 5.74) is 3.36. The van der Waals surface area contributed by atoms with E-state index in [0.717, 1.165) is 15.7 Å². The predicted octanol–water partition coefficient (Wildman–Crippen LogP) is 4.97. The van der Waals surface area contributed by atoms with Gasteiger partial charge in [0.05, 0.1) is 27.5 Å². The number of hydrogen-bond acceptors (Lipinski definition) is 3. The first-order valence-corrected chi connectivity index (χ1v) is 7.67. The third-order valence-corrected chi connectivity index (χ3v) is 4.61. The molecule has 3 nitrogen and oxygen atoms in total. The summed E-state index contributed by atoms with van der Waals surface area (Å²) >= 11 is 7.61. The van der Waals surface area contributed by atoms with E-state index in [1.54, 1.807) is 11.3 Å². The van der Waals surface area contributed by atoms with Crippen LogP contribution in [0.4, 0.5) is 5.69 Å². The molecule has 0 aliphatic heterocycles. The van der Waals surface area contributed by atoms with E-state index >= 15 is 0 Å². The molecule has 0 spiro atoms. The van der Waals surface area contributed by atoms with Gasteiger partial charge in [0.15, 0.2) is 0 Å². The number of anilines is 1. The molecule has 0 saturated heterocycles. The Morgan fingerprint density at radius 2 is 1.95 bits per heavy atom. The van der Waals surface area contributed by atoms with Gasteiger partial charge in [0.25, 0.3) is 0 Å². The van der Waals surface area contributed by atoms with Crippen LogP contribution in [0.25, 0.3) is 0 Å². The maximum atomic E-state index is 5.99. The monoisotopic (exact) mass is 297 g/mol. The van der Waals surface area contributed by atoms with Crippen molar-refractivity contribution in [2.75, 3.05) is 5.32 Å². The molecule has 0 amide bonds. The van der Waals surface area contributed by atoms with Gasteiger partial charge in [-0.2, -0.15) is 5.10 Å². The molecular formula is C14H20ClN3S. The minimum atomic E-state index is 0.236. The van der Waals surface area contributed by atoms with Crippen LogP contribution in [0.1, 0.15) is 49.1 Å². The van der Waals surface area contributed by atoms with E-state index < -0.39 is 0 Å². The van der Waals surface area contributed by atoms with E-state index in [9.17, 15) is 0 Å². The molecule has 0 fully saturated rings. The van der Waals surface area contributed by atoms with Gasteiger partial charge in [0, 0.05) is 10.9 Å². The Morgan fingerprint density at radius 3 is 2.42 bits per heavy atom. The van der Waals surface area contributed by atoms with Gasteiger partial charge < -0.3 is 5.32 Å². The Balaban J connectivity index is 2.24. The maximum absolute atomic E-state index is 5.99. The Bertz CT molecular complexity index is 571. The van der Waals surface area contributed by atoms with Crippen LogP contribution in [-0.2, 0) is 0 Å². The van der Waals surface area contributed by atoms with E-state index in [4.69, 9.17) is 11.6 Å². The standard InChI is InChI=1S/C14H20ClN3S/c1-8(2)18-11(5)14(10(4)17-18)16-9(3)12-6-7-13(15)19-12/h6-9,16H,1-5H3. The summed E-state index contributed by atoms with van der Waals surface area (Å²) in [6.45, 7) is 10.6. The molecule has 2 aromatic heterocycles. The van der Waals surface area contributed by atoms with E-state index in [2.05, 4.69) is 48.9 Å². The number of aromatic nitrogens is 2. The molecule has 0 aromatic carbocycles. The summed E-state index contributed by atoms with van der Waals surface area (Å²) in [7, 11) is 0. The third-order valence-electron chi connectivity index (χ3n) is 3.20. The second kappa shape index (κ2) is 5.55. The molecule has 0 radical (unpaired) electrons. The average molecular weight is 298 g/mol. The second-order valence-corrected chi connectivity index (χ2v) is 6.84. The second-order valence-electron chi connectivity index (χ2n) is 5.09. The van der Waals surface area contributed by atoms with E-state index in [1.807, 2.05) is 13.0 Å². The van der Waals surface area contributed by atoms with Crippen molar-refractivity contribution in [1.29, 1.82) is 0 Å². The van der Waals surface area contributed by atoms with Gasteiger partial charge >= 0.3 is 0 Å². The van der Waals surface area contributed by atoms with Gasteiger partial charge in [-0.1, -0.05) is 11.6 Å². The molecule has 2 aromatic rings. The lowest BCUT2D eigenvalue weighted by molar-refractivity contribution is 0.516. The van der Waals surface area contributed by atoms with Gasteiger partial charge in [-0.25, -0.2) is 0 Å². The average Bonchev–Trinajstić information content (AvgIpc) is 2.87. The van der Waals surface area contributed by atoms with Crippen molar-refractivity contribution in [1.82, 2.24) is 9.78 Å². The summed E-state index contributed by atoms with van der Waals surface area (Å²) < 4.78 is 2.89. The molecule has 0 aliphatic carbocycles. The highest BCUT2D eigenvalue weighted by molar-refractivity contribution is 7.16. The number of nitrogens with zero attached hydrogens (tertiary/aromatic N) is 2. The van der Waals surface area contributed by atoms with E-state index in [1.165, 1.54) is 10.6 Å². The van der Waals surface area contributed by atoms with Crippen LogP contribution < -0.4 is 5.32 Å². The van der Waals surface area contributed by atoms with Crippen molar-refractivity contribution in [3.63, 3.8) is 0 Å². The minimum absolute atomic E-state index is 0.236. The zero-order valence-electron chi connectivity index (χ0n) is 12.0. The van der Waals surface area contributed by atoms with Crippen LogP contribution >= 0.6 is 22.9 Å². The van der Waals surface area contributed by atoms with Crippen molar-refractivity contribution in [2.24, 2.45) is 0 Å². The smallest absolute Gasteiger partial charge is 0.0932 e. The number of aryl methyl sites for hydroxylation is 1. The van der Waals surface area contributed by atoms with Gasteiger partial charge in [-0.15, -0.1) is 11.3 Å². The SMILES string of the molecule is Cc1nn(C(C)C)c(C)c1NC(C)c1ccc(Cl)s1. The first kappa shape index (κ1) is 14.4. The summed E-state index contributed by atoms with van der Waals surface area (Å²) in [6, 6.07) is 4.62. The number of rotatable bonds is 4. The number of thiophene rings is 1. The van der Waals surface area contributed by atoms with Gasteiger partial charge in [0.2, 0.25) is 0 Å². The van der Waals surface area contributed by atoms with Crippen molar-refractivity contribution in [3.05, 3.63) is 32.7 Å². The highest BCUT2D eigenvalue weighted by Crippen LogP contribution is 2.31. The first-order chi connectivity index (χ1) is 8.90. The summed E-state index contributed by atoms with van der Waals surface area (Å²) in [5.74, 6) is 0. The van der Waals surface area contributed by atoms with Crippen LogP contribution in [0, 0.1) is 13.8 Å². The molecule has 1 atom stereocenters. The highest BCUT2D eigenvalue weighted by Gasteiger charge is 2.16. The van der Waals surface area contributed by atoms with Crippen molar-refractivity contribution >= 4 is 28.6 Å².